The molecule has 0 unspecified atom stereocenters. The highest BCUT2D eigenvalue weighted by molar-refractivity contribution is 7.89. The topological polar surface area (TPSA) is 97.1 Å². The fourth-order valence-electron chi connectivity index (χ4n) is 1.33. The van der Waals surface area contributed by atoms with Crippen LogP contribution >= 0.6 is 0 Å². The summed E-state index contributed by atoms with van der Waals surface area (Å²) in [6.45, 7) is 0.336. The first-order chi connectivity index (χ1) is 8.05. The lowest BCUT2D eigenvalue weighted by Crippen LogP contribution is -2.29. The van der Waals surface area contributed by atoms with E-state index in [0.29, 0.717) is 25.8 Å². The van der Waals surface area contributed by atoms with Gasteiger partial charge in [-0.1, -0.05) is 0 Å². The van der Waals surface area contributed by atoms with Crippen LogP contribution < -0.4 is 4.72 Å². The van der Waals surface area contributed by atoms with Gasteiger partial charge in [-0.15, -0.1) is 10.2 Å². The molecule has 0 spiro atoms. The molecule has 98 valence electrons. The van der Waals surface area contributed by atoms with Crippen molar-refractivity contribution in [2.24, 2.45) is 7.05 Å². The Morgan fingerprint density at radius 1 is 1.47 bits per heavy atom. The summed E-state index contributed by atoms with van der Waals surface area (Å²) in [7, 11) is -1.43. The predicted octanol–water partition coefficient (Wildman–Crippen LogP) is -0.950. The maximum atomic E-state index is 11.5. The Morgan fingerprint density at radius 2 is 2.24 bits per heavy atom. The van der Waals surface area contributed by atoms with E-state index in [1.54, 1.807) is 10.9 Å². The first-order valence-corrected chi connectivity index (χ1v) is 7.11. The molecule has 0 aliphatic carbocycles. The van der Waals surface area contributed by atoms with Crippen molar-refractivity contribution < 1.29 is 13.5 Å². The Hall–Kier alpha value is -0.990. The van der Waals surface area contributed by atoms with Gasteiger partial charge in [-0.05, 0) is 12.8 Å². The van der Waals surface area contributed by atoms with Gasteiger partial charge in [0, 0.05) is 26.6 Å². The summed E-state index contributed by atoms with van der Waals surface area (Å²) in [4.78, 5) is 0. The molecule has 0 saturated carbocycles. The van der Waals surface area contributed by atoms with Gasteiger partial charge in [0.1, 0.15) is 12.2 Å². The smallest absolute Gasteiger partial charge is 0.211 e. The van der Waals surface area contributed by atoms with Crippen molar-refractivity contribution in [3.8, 4) is 0 Å². The Labute approximate surface area is 101 Å². The highest BCUT2D eigenvalue weighted by Crippen LogP contribution is 1.96. The third-order valence-electron chi connectivity index (χ3n) is 2.30. The summed E-state index contributed by atoms with van der Waals surface area (Å²) in [5.74, 6) is 0.787. The molecule has 0 aliphatic heterocycles. The number of hydrogen-bond donors (Lipinski definition) is 2. The molecule has 7 nitrogen and oxygen atoms in total. The van der Waals surface area contributed by atoms with Gasteiger partial charge in [-0.3, -0.25) is 0 Å². The summed E-state index contributed by atoms with van der Waals surface area (Å²) in [5.41, 5.74) is 0. The third kappa shape index (κ3) is 5.24. The largest absolute Gasteiger partial charge is 0.396 e. The third-order valence-corrected chi connectivity index (χ3v) is 3.77. The highest BCUT2D eigenvalue weighted by Gasteiger charge is 2.09. The van der Waals surface area contributed by atoms with Crippen LogP contribution in [0.15, 0.2) is 6.33 Å². The number of aromatic nitrogens is 3. The second-order valence-electron chi connectivity index (χ2n) is 3.75. The minimum atomic E-state index is -3.24. The van der Waals surface area contributed by atoms with Crippen molar-refractivity contribution in [1.82, 2.24) is 19.5 Å². The van der Waals surface area contributed by atoms with Crippen LogP contribution in [-0.2, 0) is 23.5 Å². The number of unbranched alkanes of at least 4 members (excludes halogenated alkanes) is 1. The second kappa shape index (κ2) is 6.67. The molecule has 0 aromatic carbocycles. The zero-order chi connectivity index (χ0) is 12.7. The van der Waals surface area contributed by atoms with Crippen molar-refractivity contribution in [3.63, 3.8) is 0 Å². The molecule has 1 rings (SSSR count). The van der Waals surface area contributed by atoms with Crippen molar-refractivity contribution in [1.29, 1.82) is 0 Å². The summed E-state index contributed by atoms with van der Waals surface area (Å²) in [6.07, 6.45) is 3.06. The van der Waals surface area contributed by atoms with E-state index in [2.05, 4.69) is 14.9 Å². The number of nitrogens with one attached hydrogen (secondary N) is 1. The first-order valence-electron chi connectivity index (χ1n) is 5.46. The number of hydrogen-bond acceptors (Lipinski definition) is 5. The van der Waals surface area contributed by atoms with Gasteiger partial charge in [0.2, 0.25) is 10.0 Å². The van der Waals surface area contributed by atoms with Crippen LogP contribution in [-0.4, -0.2) is 47.2 Å². The summed E-state index contributed by atoms with van der Waals surface area (Å²) >= 11 is 0. The molecule has 1 aromatic heterocycles. The van der Waals surface area contributed by atoms with Crippen LogP contribution in [0.3, 0.4) is 0 Å². The monoisotopic (exact) mass is 262 g/mol. The molecule has 0 amide bonds. The molecular weight excluding hydrogens is 244 g/mol. The van der Waals surface area contributed by atoms with Crippen LogP contribution in [0.2, 0.25) is 0 Å². The maximum Gasteiger partial charge on any atom is 0.211 e. The van der Waals surface area contributed by atoms with Gasteiger partial charge in [-0.2, -0.15) is 0 Å². The molecule has 0 atom stereocenters. The minimum Gasteiger partial charge on any atom is -0.396 e. The Morgan fingerprint density at radius 3 is 2.82 bits per heavy atom. The van der Waals surface area contributed by atoms with E-state index in [1.165, 1.54) is 0 Å². The average molecular weight is 262 g/mol. The molecule has 0 bridgehead atoms. The summed E-state index contributed by atoms with van der Waals surface area (Å²) < 4.78 is 27.2. The molecular formula is C9H18N4O3S. The quantitative estimate of drug-likeness (QED) is 0.589. The minimum absolute atomic E-state index is 0.0223. The van der Waals surface area contributed by atoms with Gasteiger partial charge in [0.15, 0.2) is 0 Å². The number of aliphatic hydroxyl groups is 1. The van der Waals surface area contributed by atoms with E-state index in [0.717, 1.165) is 5.82 Å². The molecule has 1 aromatic rings. The van der Waals surface area contributed by atoms with Crippen LogP contribution in [0, 0.1) is 0 Å². The van der Waals surface area contributed by atoms with Crippen LogP contribution in [0.1, 0.15) is 18.7 Å². The first kappa shape index (κ1) is 14.1. The molecule has 0 radical (unpaired) electrons. The molecule has 0 aliphatic rings. The fraction of sp³-hybridized carbons (Fsp3) is 0.778. The summed E-state index contributed by atoms with van der Waals surface area (Å²) in [6, 6.07) is 0. The number of sulfonamides is 1. The van der Waals surface area contributed by atoms with Gasteiger partial charge in [0.25, 0.3) is 0 Å². The number of rotatable bonds is 8. The molecule has 0 fully saturated rings. The zero-order valence-electron chi connectivity index (χ0n) is 9.83. The Balaban J connectivity index is 2.28. The fourth-order valence-corrected chi connectivity index (χ4v) is 2.47. The van der Waals surface area contributed by atoms with Crippen LogP contribution in [0.25, 0.3) is 0 Å². The average Bonchev–Trinajstić information content (AvgIpc) is 2.64. The van der Waals surface area contributed by atoms with Crippen LogP contribution in [0.5, 0.6) is 0 Å². The van der Waals surface area contributed by atoms with E-state index in [1.807, 2.05) is 7.05 Å². The lowest BCUT2D eigenvalue weighted by molar-refractivity contribution is 0.287. The van der Waals surface area contributed by atoms with E-state index >= 15 is 0 Å². The van der Waals surface area contributed by atoms with Gasteiger partial charge in [0.05, 0.1) is 5.75 Å². The van der Waals surface area contributed by atoms with Crippen molar-refractivity contribution in [3.05, 3.63) is 12.2 Å². The van der Waals surface area contributed by atoms with Gasteiger partial charge >= 0.3 is 0 Å². The molecule has 1 heterocycles. The van der Waals surface area contributed by atoms with E-state index in [-0.39, 0.29) is 12.4 Å². The lowest BCUT2D eigenvalue weighted by Gasteiger charge is -2.05. The second-order valence-corrected chi connectivity index (χ2v) is 5.68. The highest BCUT2D eigenvalue weighted by atomic mass is 32.2. The standard InChI is InChI=1S/C9H18N4O3S/c1-13-8-10-12-9(13)4-5-11-17(15,16)7-3-2-6-14/h8,11,14H,2-7H2,1H3. The Bertz CT molecular complexity index is 429. The zero-order valence-corrected chi connectivity index (χ0v) is 10.7. The normalized spacial score (nSPS) is 11.9. The number of aliphatic hydroxyl groups excluding tert-OH is 1. The van der Waals surface area contributed by atoms with E-state index in [9.17, 15) is 8.42 Å². The summed E-state index contributed by atoms with van der Waals surface area (Å²) in [5, 5.41) is 16.1. The molecule has 8 heteroatoms. The van der Waals surface area contributed by atoms with Crippen molar-refractivity contribution in [2.75, 3.05) is 18.9 Å². The van der Waals surface area contributed by atoms with Crippen molar-refractivity contribution >= 4 is 10.0 Å². The van der Waals surface area contributed by atoms with Gasteiger partial charge < -0.3 is 9.67 Å². The molecule has 17 heavy (non-hydrogen) atoms. The molecule has 0 saturated heterocycles. The van der Waals surface area contributed by atoms with Crippen molar-refractivity contribution in [2.45, 2.75) is 19.3 Å². The maximum absolute atomic E-state index is 11.5. The predicted molar refractivity (Wildman–Crippen MR) is 62.8 cm³/mol. The number of aryl methyl sites for hydroxylation is 1. The Kier molecular flexibility index (Phi) is 5.52. The van der Waals surface area contributed by atoms with E-state index in [4.69, 9.17) is 5.11 Å². The number of nitrogens with zero attached hydrogens (tertiary/aromatic N) is 3. The molecule has 2 N–H and O–H groups in total. The SMILES string of the molecule is Cn1cnnc1CCNS(=O)(=O)CCCCO. The van der Waals surface area contributed by atoms with E-state index < -0.39 is 10.0 Å². The van der Waals surface area contributed by atoms with Crippen LogP contribution in [0.4, 0.5) is 0 Å². The van der Waals surface area contributed by atoms with Gasteiger partial charge in [-0.25, -0.2) is 13.1 Å². The lowest BCUT2D eigenvalue weighted by atomic mass is 10.4.